The van der Waals surface area contributed by atoms with E-state index < -0.39 is 0 Å². The van der Waals surface area contributed by atoms with Crippen LogP contribution in [0, 0.1) is 6.92 Å². The van der Waals surface area contributed by atoms with Crippen molar-refractivity contribution in [1.29, 1.82) is 0 Å². The molecule has 0 atom stereocenters. The second kappa shape index (κ2) is 3.17. The van der Waals surface area contributed by atoms with Crippen molar-refractivity contribution in [3.05, 3.63) is 58.5 Å². The van der Waals surface area contributed by atoms with Crippen LogP contribution in [0.2, 0.25) is 0 Å². The summed E-state index contributed by atoms with van der Waals surface area (Å²) >= 11 is 0. The molecule has 2 heterocycles. The van der Waals surface area contributed by atoms with Gasteiger partial charge in [-0.2, -0.15) is 4.98 Å². The number of aryl methyl sites for hydroxylation is 1. The van der Waals surface area contributed by atoms with E-state index in [2.05, 4.69) is 4.98 Å². The second-order valence-electron chi connectivity index (χ2n) is 3.87. The molecule has 0 unspecified atom stereocenters. The summed E-state index contributed by atoms with van der Waals surface area (Å²) in [4.78, 5) is 15.8. The number of hydrogen-bond donors (Lipinski definition) is 0. The van der Waals surface area contributed by atoms with Crippen LogP contribution in [0.25, 0.3) is 16.6 Å². The van der Waals surface area contributed by atoms with Gasteiger partial charge in [0.15, 0.2) is 0 Å². The topological polar surface area (TPSA) is 34.4 Å². The molecule has 1 aromatic carbocycles. The molecular weight excluding hydrogens is 200 g/mol. The summed E-state index contributed by atoms with van der Waals surface area (Å²) < 4.78 is 1.95. The Balaban J connectivity index is 2.66. The Morgan fingerprint density at radius 2 is 1.94 bits per heavy atom. The number of aromatic nitrogens is 2. The molecule has 0 aliphatic carbocycles. The van der Waals surface area contributed by atoms with Crippen molar-refractivity contribution in [3.63, 3.8) is 0 Å². The fourth-order valence-electron chi connectivity index (χ4n) is 1.91. The highest BCUT2D eigenvalue weighted by atomic mass is 16.1. The number of nitrogens with zero attached hydrogens (tertiary/aromatic N) is 2. The SMILES string of the molecule is Cc1ccc2nc(=O)c3ccccc3n2c1. The Bertz CT molecular complexity index is 744. The molecule has 78 valence electrons. The van der Waals surface area contributed by atoms with E-state index in [-0.39, 0.29) is 5.56 Å². The van der Waals surface area contributed by atoms with Gasteiger partial charge in [0.25, 0.3) is 5.56 Å². The van der Waals surface area contributed by atoms with E-state index in [4.69, 9.17) is 0 Å². The first-order valence-electron chi connectivity index (χ1n) is 5.13. The fourth-order valence-corrected chi connectivity index (χ4v) is 1.91. The third-order valence-corrected chi connectivity index (χ3v) is 2.68. The van der Waals surface area contributed by atoms with E-state index >= 15 is 0 Å². The number of hydrogen-bond acceptors (Lipinski definition) is 2. The summed E-state index contributed by atoms with van der Waals surface area (Å²) in [5, 5.41) is 0.658. The lowest BCUT2D eigenvalue weighted by Crippen LogP contribution is -2.10. The second-order valence-corrected chi connectivity index (χ2v) is 3.87. The number of benzene rings is 1. The lowest BCUT2D eigenvalue weighted by Gasteiger charge is -2.05. The standard InChI is InChI=1S/C13H10N2O/c1-9-6-7-12-14-13(16)10-4-2-3-5-11(10)15(12)8-9/h2-8H,1H3. The van der Waals surface area contributed by atoms with Gasteiger partial charge >= 0.3 is 0 Å². The Kier molecular flexibility index (Phi) is 1.80. The highest BCUT2D eigenvalue weighted by molar-refractivity contribution is 5.80. The highest BCUT2D eigenvalue weighted by Gasteiger charge is 2.03. The molecule has 2 aromatic heterocycles. The minimum atomic E-state index is -0.167. The molecule has 0 saturated heterocycles. The molecule has 3 aromatic rings. The lowest BCUT2D eigenvalue weighted by atomic mass is 10.2. The number of para-hydroxylation sites is 1. The third-order valence-electron chi connectivity index (χ3n) is 2.68. The van der Waals surface area contributed by atoms with Crippen molar-refractivity contribution < 1.29 is 0 Å². The average molecular weight is 210 g/mol. The molecule has 0 saturated carbocycles. The minimum absolute atomic E-state index is 0.167. The van der Waals surface area contributed by atoms with E-state index in [0.29, 0.717) is 11.0 Å². The first-order chi connectivity index (χ1) is 7.75. The predicted octanol–water partition coefficient (Wildman–Crippen LogP) is 2.16. The zero-order valence-corrected chi connectivity index (χ0v) is 8.84. The van der Waals surface area contributed by atoms with Crippen molar-refractivity contribution in [2.75, 3.05) is 0 Å². The number of fused-ring (bicyclic) bond motifs is 3. The molecule has 0 aliphatic rings. The number of pyridine rings is 1. The van der Waals surface area contributed by atoms with Crippen LogP contribution >= 0.6 is 0 Å². The molecule has 0 bridgehead atoms. The molecule has 16 heavy (non-hydrogen) atoms. The van der Waals surface area contributed by atoms with Crippen molar-refractivity contribution in [2.45, 2.75) is 6.92 Å². The quantitative estimate of drug-likeness (QED) is 0.533. The van der Waals surface area contributed by atoms with Gasteiger partial charge < -0.3 is 4.40 Å². The molecule has 0 N–H and O–H groups in total. The molecule has 3 heteroatoms. The zero-order chi connectivity index (χ0) is 11.1. The Morgan fingerprint density at radius 1 is 1.12 bits per heavy atom. The van der Waals surface area contributed by atoms with Crippen molar-refractivity contribution in [1.82, 2.24) is 9.38 Å². The monoisotopic (exact) mass is 210 g/mol. The van der Waals surface area contributed by atoms with Crippen LogP contribution in [-0.2, 0) is 0 Å². The third kappa shape index (κ3) is 1.21. The Morgan fingerprint density at radius 3 is 2.81 bits per heavy atom. The number of rotatable bonds is 0. The average Bonchev–Trinajstić information content (AvgIpc) is 2.31. The molecule has 0 amide bonds. The van der Waals surface area contributed by atoms with E-state index in [1.165, 1.54) is 0 Å². The van der Waals surface area contributed by atoms with Gasteiger partial charge in [-0.15, -0.1) is 0 Å². The Labute approximate surface area is 92.0 Å². The summed E-state index contributed by atoms with van der Waals surface area (Å²) in [6.07, 6.45) is 1.99. The summed E-state index contributed by atoms with van der Waals surface area (Å²) in [6, 6.07) is 11.3. The summed E-state index contributed by atoms with van der Waals surface area (Å²) in [7, 11) is 0. The highest BCUT2D eigenvalue weighted by Crippen LogP contribution is 2.12. The zero-order valence-electron chi connectivity index (χ0n) is 8.84. The molecule has 3 nitrogen and oxygen atoms in total. The van der Waals surface area contributed by atoms with Crippen molar-refractivity contribution in [3.8, 4) is 0 Å². The summed E-state index contributed by atoms with van der Waals surface area (Å²) in [5.74, 6) is 0. The first kappa shape index (κ1) is 9.09. The predicted molar refractivity (Wildman–Crippen MR) is 63.7 cm³/mol. The molecule has 0 aliphatic heterocycles. The van der Waals surface area contributed by atoms with Crippen molar-refractivity contribution >= 4 is 16.6 Å². The van der Waals surface area contributed by atoms with Crippen LogP contribution in [-0.4, -0.2) is 9.38 Å². The van der Waals surface area contributed by atoms with Gasteiger partial charge in [-0.05, 0) is 30.7 Å². The minimum Gasteiger partial charge on any atom is -0.301 e. The maximum Gasteiger partial charge on any atom is 0.281 e. The molecule has 0 fully saturated rings. The smallest absolute Gasteiger partial charge is 0.281 e. The van der Waals surface area contributed by atoms with Gasteiger partial charge in [-0.1, -0.05) is 18.2 Å². The molecule has 3 rings (SSSR count). The van der Waals surface area contributed by atoms with Gasteiger partial charge in [0.05, 0.1) is 10.9 Å². The van der Waals surface area contributed by atoms with Gasteiger partial charge in [0, 0.05) is 6.20 Å². The van der Waals surface area contributed by atoms with Gasteiger partial charge in [-0.25, -0.2) is 0 Å². The molecule has 0 spiro atoms. The normalized spacial score (nSPS) is 11.1. The Hall–Kier alpha value is -2.16. The van der Waals surface area contributed by atoms with Crippen LogP contribution in [0.5, 0.6) is 0 Å². The summed E-state index contributed by atoms with van der Waals surface area (Å²) in [5.41, 5.74) is 2.57. The van der Waals surface area contributed by atoms with Crippen LogP contribution in [0.4, 0.5) is 0 Å². The largest absolute Gasteiger partial charge is 0.301 e. The van der Waals surface area contributed by atoms with Crippen LogP contribution in [0.1, 0.15) is 5.56 Å². The van der Waals surface area contributed by atoms with Gasteiger partial charge in [0.2, 0.25) is 0 Å². The first-order valence-corrected chi connectivity index (χ1v) is 5.13. The summed E-state index contributed by atoms with van der Waals surface area (Å²) in [6.45, 7) is 2.02. The molecule has 0 radical (unpaired) electrons. The molecular formula is C13H10N2O. The van der Waals surface area contributed by atoms with Crippen LogP contribution in [0.15, 0.2) is 47.4 Å². The maximum absolute atomic E-state index is 11.8. The lowest BCUT2D eigenvalue weighted by molar-refractivity contribution is 1.12. The maximum atomic E-state index is 11.8. The van der Waals surface area contributed by atoms with Crippen LogP contribution < -0.4 is 5.56 Å². The van der Waals surface area contributed by atoms with E-state index in [1.807, 2.05) is 47.9 Å². The van der Waals surface area contributed by atoms with E-state index in [1.54, 1.807) is 6.07 Å². The fraction of sp³-hybridized carbons (Fsp3) is 0.0769. The van der Waals surface area contributed by atoms with E-state index in [9.17, 15) is 4.79 Å². The van der Waals surface area contributed by atoms with E-state index in [0.717, 1.165) is 11.1 Å². The van der Waals surface area contributed by atoms with Crippen LogP contribution in [0.3, 0.4) is 0 Å². The van der Waals surface area contributed by atoms with Gasteiger partial charge in [0.1, 0.15) is 5.65 Å². The van der Waals surface area contributed by atoms with Gasteiger partial charge in [-0.3, -0.25) is 4.79 Å². The van der Waals surface area contributed by atoms with Crippen molar-refractivity contribution in [2.24, 2.45) is 0 Å².